The van der Waals surface area contributed by atoms with E-state index >= 15 is 0 Å². The average molecular weight is 433 g/mol. The summed E-state index contributed by atoms with van der Waals surface area (Å²) in [5.41, 5.74) is 6.65. The molecular weight excluding hydrogens is 416 g/mol. The molecule has 31 heavy (non-hydrogen) atoms. The molecule has 0 aliphatic rings. The molecule has 7 heteroatoms. The topological polar surface area (TPSA) is 115 Å². The van der Waals surface area contributed by atoms with Gasteiger partial charge in [0.1, 0.15) is 0 Å². The van der Waals surface area contributed by atoms with E-state index in [1.54, 1.807) is 0 Å². The SMILES string of the molecule is [O-][Cl+3]([O-])([O-])O.c1ccc(-c2ccnc3c2ccc2c(-c4ccccc4)ccnc23)cc1. The monoisotopic (exact) mass is 432 g/mol. The molecular formula is C24H17ClN2O4. The molecule has 6 nitrogen and oxygen atoms in total. The molecule has 2 aromatic heterocycles. The molecule has 2 heterocycles. The third-order valence-electron chi connectivity index (χ3n) is 4.79. The summed E-state index contributed by atoms with van der Waals surface area (Å²) in [6.07, 6.45) is 3.75. The molecule has 154 valence electrons. The van der Waals surface area contributed by atoms with Gasteiger partial charge in [0.2, 0.25) is 0 Å². The van der Waals surface area contributed by atoms with Gasteiger partial charge < -0.3 is 0 Å². The van der Waals surface area contributed by atoms with Crippen LogP contribution in [-0.2, 0) is 0 Å². The fourth-order valence-electron chi connectivity index (χ4n) is 3.57. The summed E-state index contributed by atoms with van der Waals surface area (Å²) in [5, 5.41) is 2.26. The van der Waals surface area contributed by atoms with Gasteiger partial charge in [-0.1, -0.05) is 72.8 Å². The van der Waals surface area contributed by atoms with Crippen molar-refractivity contribution in [3.05, 3.63) is 97.3 Å². The van der Waals surface area contributed by atoms with Gasteiger partial charge in [-0.05, 0) is 34.4 Å². The third-order valence-corrected chi connectivity index (χ3v) is 4.79. The Kier molecular flexibility index (Phi) is 5.90. The van der Waals surface area contributed by atoms with E-state index in [1.165, 1.54) is 22.3 Å². The van der Waals surface area contributed by atoms with Crippen molar-refractivity contribution in [3.8, 4) is 22.3 Å². The van der Waals surface area contributed by atoms with Gasteiger partial charge in [-0.15, -0.1) is 0 Å². The first-order chi connectivity index (χ1) is 14.9. The lowest BCUT2D eigenvalue weighted by Crippen LogP contribution is -2.58. The van der Waals surface area contributed by atoms with Crippen molar-refractivity contribution >= 4 is 21.8 Å². The van der Waals surface area contributed by atoms with Gasteiger partial charge in [-0.25, -0.2) is 0 Å². The van der Waals surface area contributed by atoms with Crippen molar-refractivity contribution in [2.75, 3.05) is 0 Å². The molecule has 0 bridgehead atoms. The van der Waals surface area contributed by atoms with E-state index in [0.717, 1.165) is 21.8 Å². The first-order valence-corrected chi connectivity index (χ1v) is 10.6. The summed E-state index contributed by atoms with van der Waals surface area (Å²) in [7, 11) is -4.69. The van der Waals surface area contributed by atoms with Crippen LogP contribution in [-0.4, -0.2) is 14.6 Å². The quantitative estimate of drug-likeness (QED) is 0.426. The Morgan fingerprint density at radius 1 is 0.548 bits per heavy atom. The molecule has 0 saturated carbocycles. The van der Waals surface area contributed by atoms with Crippen LogP contribution in [0.15, 0.2) is 97.3 Å². The van der Waals surface area contributed by atoms with Gasteiger partial charge in [0.15, 0.2) is 0 Å². The second-order valence-electron chi connectivity index (χ2n) is 6.70. The van der Waals surface area contributed by atoms with Crippen LogP contribution >= 0.6 is 0 Å². The number of hydrogen-bond donors (Lipinski definition) is 1. The number of hydrogen-bond acceptors (Lipinski definition) is 6. The standard InChI is InChI=1S/C24H16N2.ClHO4/c1-3-7-17(8-4-1)19-13-15-25-23-21(19)11-12-22-20(14-16-26-24(22)23)18-9-5-2-6-10-18;2-1(3,4)5/h1-16H;(H,2,3,4,5). The number of nitrogens with zero attached hydrogens (tertiary/aromatic N) is 2. The molecule has 0 spiro atoms. The molecule has 0 amide bonds. The zero-order valence-corrected chi connectivity index (χ0v) is 16.9. The average Bonchev–Trinajstić information content (AvgIpc) is 2.78. The van der Waals surface area contributed by atoms with Crippen LogP contribution in [0.2, 0.25) is 0 Å². The van der Waals surface area contributed by atoms with E-state index < -0.39 is 10.2 Å². The van der Waals surface area contributed by atoms with Gasteiger partial charge in [-0.2, -0.15) is 14.0 Å². The molecule has 0 fully saturated rings. The van der Waals surface area contributed by atoms with Crippen LogP contribution in [0.3, 0.4) is 0 Å². The fraction of sp³-hybridized carbons (Fsp3) is 0. The fourth-order valence-corrected chi connectivity index (χ4v) is 3.57. The minimum absolute atomic E-state index is 0.946. The summed E-state index contributed by atoms with van der Waals surface area (Å²) in [5.74, 6) is 0. The van der Waals surface area contributed by atoms with E-state index in [0.29, 0.717) is 0 Å². The van der Waals surface area contributed by atoms with Gasteiger partial charge in [0.05, 0.1) is 25.9 Å². The van der Waals surface area contributed by atoms with Crippen molar-refractivity contribution in [2.24, 2.45) is 0 Å². The molecule has 0 aliphatic carbocycles. The highest BCUT2D eigenvalue weighted by atomic mass is 35.7. The lowest BCUT2D eigenvalue weighted by atomic mass is 9.97. The molecule has 0 unspecified atom stereocenters. The zero-order valence-electron chi connectivity index (χ0n) is 16.2. The molecule has 0 atom stereocenters. The van der Waals surface area contributed by atoms with Crippen LogP contribution in [0.1, 0.15) is 0 Å². The van der Waals surface area contributed by atoms with Gasteiger partial charge in [0.25, 0.3) is 0 Å². The molecule has 0 aliphatic heterocycles. The minimum Gasteiger partial charge on any atom is -0.254 e. The molecule has 0 saturated heterocycles. The van der Waals surface area contributed by atoms with Gasteiger partial charge in [0, 0.05) is 23.2 Å². The second kappa shape index (κ2) is 8.77. The Morgan fingerprint density at radius 2 is 0.903 bits per heavy atom. The van der Waals surface area contributed by atoms with Gasteiger partial charge >= 0.3 is 0 Å². The highest BCUT2D eigenvalue weighted by molar-refractivity contribution is 6.11. The molecule has 3 aromatic carbocycles. The minimum atomic E-state index is -4.69. The highest BCUT2D eigenvalue weighted by Crippen LogP contribution is 2.34. The Labute approximate surface area is 180 Å². The lowest BCUT2D eigenvalue weighted by Gasteiger charge is -2.11. The summed E-state index contributed by atoms with van der Waals surface area (Å²) in [6.45, 7) is 0. The van der Waals surface area contributed by atoms with Crippen molar-refractivity contribution in [1.82, 2.24) is 9.97 Å². The smallest absolute Gasteiger partial charge is 0.0970 e. The highest BCUT2D eigenvalue weighted by Gasteiger charge is 2.11. The van der Waals surface area contributed by atoms with Gasteiger partial charge in [-0.3, -0.25) is 9.97 Å². The maximum Gasteiger partial charge on any atom is 0.0970 e. The Bertz CT molecular complexity index is 1220. The predicted molar refractivity (Wildman–Crippen MR) is 110 cm³/mol. The third kappa shape index (κ3) is 4.86. The van der Waals surface area contributed by atoms with Crippen molar-refractivity contribution in [2.45, 2.75) is 0 Å². The summed E-state index contributed by atoms with van der Waals surface area (Å²) >= 11 is 0. The number of aromatic nitrogens is 2. The normalized spacial score (nSPS) is 11.2. The van der Waals surface area contributed by atoms with E-state index in [9.17, 15) is 0 Å². The Balaban J connectivity index is 0.000000418. The van der Waals surface area contributed by atoms with Crippen LogP contribution in [0, 0.1) is 10.2 Å². The van der Waals surface area contributed by atoms with E-state index in [4.69, 9.17) is 18.6 Å². The zero-order chi connectivity index (χ0) is 21.8. The predicted octanol–water partition coefficient (Wildman–Crippen LogP) is 1.99. The summed E-state index contributed by atoms with van der Waals surface area (Å²) < 4.78 is 32.7. The summed E-state index contributed by atoms with van der Waals surface area (Å²) in [6, 6.07) is 29.3. The van der Waals surface area contributed by atoms with E-state index in [1.807, 2.05) is 24.5 Å². The number of benzene rings is 3. The van der Waals surface area contributed by atoms with Crippen molar-refractivity contribution in [3.63, 3.8) is 0 Å². The van der Waals surface area contributed by atoms with Crippen LogP contribution in [0.5, 0.6) is 0 Å². The van der Waals surface area contributed by atoms with Crippen LogP contribution in [0.25, 0.3) is 44.1 Å². The summed E-state index contributed by atoms with van der Waals surface area (Å²) in [4.78, 5) is 9.34. The first-order valence-electron chi connectivity index (χ1n) is 9.32. The van der Waals surface area contributed by atoms with Crippen molar-refractivity contribution in [1.29, 1.82) is 0 Å². The maximum atomic E-state index is 8.60. The number of pyridine rings is 2. The lowest BCUT2D eigenvalue weighted by molar-refractivity contribution is -1.92. The van der Waals surface area contributed by atoms with Crippen LogP contribution in [0.4, 0.5) is 0 Å². The second-order valence-corrected chi connectivity index (χ2v) is 7.49. The maximum absolute atomic E-state index is 8.60. The molecule has 0 radical (unpaired) electrons. The Morgan fingerprint density at radius 3 is 1.26 bits per heavy atom. The largest absolute Gasteiger partial charge is 0.254 e. The Hall–Kier alpha value is -3.39. The van der Waals surface area contributed by atoms with Crippen molar-refractivity contribution < 1.29 is 28.9 Å². The first kappa shape index (κ1) is 20.9. The number of fused-ring (bicyclic) bond motifs is 3. The number of rotatable bonds is 2. The number of halogens is 1. The molecule has 5 rings (SSSR count). The van der Waals surface area contributed by atoms with E-state index in [2.05, 4.69) is 82.8 Å². The molecule has 1 N–H and O–H groups in total. The molecule has 5 aromatic rings. The van der Waals surface area contributed by atoms with Crippen LogP contribution < -0.4 is 14.0 Å². The van der Waals surface area contributed by atoms with E-state index in [-0.39, 0.29) is 0 Å².